The van der Waals surface area contributed by atoms with E-state index in [2.05, 4.69) is 10.6 Å². The highest BCUT2D eigenvalue weighted by Gasteiger charge is 2.12. The Kier molecular flexibility index (Phi) is 8.06. The van der Waals surface area contributed by atoms with Gasteiger partial charge in [-0.2, -0.15) is 0 Å². The monoisotopic (exact) mass is 406 g/mol. The van der Waals surface area contributed by atoms with Crippen molar-refractivity contribution in [2.45, 2.75) is 19.8 Å². The van der Waals surface area contributed by atoms with Gasteiger partial charge in [0.2, 0.25) is 0 Å². The number of urea groups is 1. The fourth-order valence-corrected chi connectivity index (χ4v) is 2.08. The predicted octanol–water partition coefficient (Wildman–Crippen LogP) is 2.93. The Labute approximate surface area is 137 Å². The van der Waals surface area contributed by atoms with E-state index in [9.17, 15) is 9.59 Å². The molecule has 1 aromatic rings. The van der Waals surface area contributed by atoms with E-state index in [0.29, 0.717) is 19.6 Å². The van der Waals surface area contributed by atoms with Crippen molar-refractivity contribution in [1.82, 2.24) is 5.32 Å². The third-order valence-corrected chi connectivity index (χ3v) is 3.23. The number of carboxylic acids is 1. The van der Waals surface area contributed by atoms with E-state index in [-0.39, 0.29) is 11.3 Å². The molecule has 0 fully saturated rings. The largest absolute Gasteiger partial charge is 0.478 e. The first-order valence-corrected chi connectivity index (χ1v) is 7.78. The molecule has 0 radical (unpaired) electrons. The van der Waals surface area contributed by atoms with Crippen molar-refractivity contribution in [3.05, 3.63) is 27.3 Å². The number of rotatable bonds is 8. The number of hydrogen-bond donors (Lipinski definition) is 3. The molecule has 0 aliphatic heterocycles. The maximum absolute atomic E-state index is 11.7. The van der Waals surface area contributed by atoms with E-state index in [0.717, 1.165) is 16.6 Å². The van der Waals surface area contributed by atoms with Crippen molar-refractivity contribution in [3.63, 3.8) is 0 Å². The number of halogens is 1. The molecule has 0 atom stereocenters. The molecule has 3 N–H and O–H groups in total. The summed E-state index contributed by atoms with van der Waals surface area (Å²) in [6.07, 6.45) is 1.69. The number of hydrogen-bond acceptors (Lipinski definition) is 3. The summed E-state index contributed by atoms with van der Waals surface area (Å²) in [6.45, 7) is 3.82. The lowest BCUT2D eigenvalue weighted by molar-refractivity contribution is 0.0698. The normalized spacial score (nSPS) is 10.2. The number of carboxylic acid groups (broad SMARTS) is 1. The SMILES string of the molecule is CCCOCCCNC(=O)Nc1ccc(I)cc1C(=O)O. The summed E-state index contributed by atoms with van der Waals surface area (Å²) < 4.78 is 6.09. The lowest BCUT2D eigenvalue weighted by Gasteiger charge is -2.10. The van der Waals surface area contributed by atoms with Crippen LogP contribution in [0.1, 0.15) is 30.1 Å². The third-order valence-electron chi connectivity index (χ3n) is 2.56. The molecule has 0 aromatic heterocycles. The van der Waals surface area contributed by atoms with Crippen molar-refractivity contribution in [2.75, 3.05) is 25.1 Å². The van der Waals surface area contributed by atoms with Gasteiger partial charge < -0.3 is 20.5 Å². The maximum atomic E-state index is 11.7. The molecular formula is C14H19IN2O4. The van der Waals surface area contributed by atoms with Gasteiger partial charge in [-0.15, -0.1) is 0 Å². The molecule has 0 aliphatic rings. The van der Waals surface area contributed by atoms with E-state index in [1.165, 1.54) is 6.07 Å². The Balaban J connectivity index is 2.43. The minimum Gasteiger partial charge on any atom is -0.478 e. The number of nitrogens with one attached hydrogen (secondary N) is 2. The Bertz CT molecular complexity index is 494. The molecule has 0 heterocycles. The standard InChI is InChI=1S/C14H19IN2O4/c1-2-7-21-8-3-6-16-14(20)17-12-5-4-10(15)9-11(12)13(18)19/h4-5,9H,2-3,6-8H2,1H3,(H,18,19)(H2,16,17,20). The summed E-state index contributed by atoms with van der Waals surface area (Å²) in [4.78, 5) is 22.8. The topological polar surface area (TPSA) is 87.7 Å². The van der Waals surface area contributed by atoms with E-state index < -0.39 is 12.0 Å². The summed E-state index contributed by atoms with van der Waals surface area (Å²) in [5.41, 5.74) is 0.353. The zero-order chi connectivity index (χ0) is 15.7. The smallest absolute Gasteiger partial charge is 0.337 e. The van der Waals surface area contributed by atoms with E-state index >= 15 is 0 Å². The zero-order valence-electron chi connectivity index (χ0n) is 11.8. The van der Waals surface area contributed by atoms with Gasteiger partial charge in [0.1, 0.15) is 0 Å². The van der Waals surface area contributed by atoms with Crippen LogP contribution in [0.15, 0.2) is 18.2 Å². The van der Waals surface area contributed by atoms with Crippen LogP contribution in [0.5, 0.6) is 0 Å². The van der Waals surface area contributed by atoms with Crippen molar-refractivity contribution in [2.24, 2.45) is 0 Å². The van der Waals surface area contributed by atoms with Gasteiger partial charge in [0.25, 0.3) is 0 Å². The molecule has 1 rings (SSSR count). The summed E-state index contributed by atoms with van der Waals surface area (Å²) >= 11 is 2.02. The first kappa shape index (κ1) is 17.7. The highest BCUT2D eigenvalue weighted by molar-refractivity contribution is 14.1. The van der Waals surface area contributed by atoms with Gasteiger partial charge in [-0.25, -0.2) is 9.59 Å². The number of aromatic carboxylic acids is 1. The number of amides is 2. The average molecular weight is 406 g/mol. The van der Waals surface area contributed by atoms with Gasteiger partial charge in [0, 0.05) is 23.3 Å². The lowest BCUT2D eigenvalue weighted by atomic mass is 10.2. The molecule has 0 unspecified atom stereocenters. The molecule has 2 amide bonds. The fourth-order valence-electron chi connectivity index (χ4n) is 1.59. The van der Waals surface area contributed by atoms with Gasteiger partial charge in [0.05, 0.1) is 11.3 Å². The van der Waals surface area contributed by atoms with Crippen LogP contribution in [0, 0.1) is 3.57 Å². The van der Waals surface area contributed by atoms with Gasteiger partial charge >= 0.3 is 12.0 Å². The summed E-state index contributed by atoms with van der Waals surface area (Å²) in [5.74, 6) is -1.07. The van der Waals surface area contributed by atoms with E-state index in [4.69, 9.17) is 9.84 Å². The van der Waals surface area contributed by atoms with E-state index in [1.54, 1.807) is 12.1 Å². The molecule has 1 aromatic carbocycles. The number of benzene rings is 1. The zero-order valence-corrected chi connectivity index (χ0v) is 14.0. The number of ether oxygens (including phenoxy) is 1. The molecule has 7 heteroatoms. The second kappa shape index (κ2) is 9.56. The summed E-state index contributed by atoms with van der Waals surface area (Å²) in [5, 5.41) is 14.3. The van der Waals surface area contributed by atoms with Gasteiger partial charge in [-0.3, -0.25) is 0 Å². The highest BCUT2D eigenvalue weighted by Crippen LogP contribution is 2.18. The maximum Gasteiger partial charge on any atom is 0.337 e. The third kappa shape index (κ3) is 6.76. The van der Waals surface area contributed by atoms with Gasteiger partial charge in [-0.05, 0) is 53.6 Å². The average Bonchev–Trinajstić information content (AvgIpc) is 2.44. The summed E-state index contributed by atoms with van der Waals surface area (Å²) in [7, 11) is 0. The predicted molar refractivity (Wildman–Crippen MR) is 88.9 cm³/mol. The van der Waals surface area contributed by atoms with Crippen LogP contribution in [0.25, 0.3) is 0 Å². The molecule has 6 nitrogen and oxygen atoms in total. The first-order valence-electron chi connectivity index (χ1n) is 6.70. The second-order valence-electron chi connectivity index (χ2n) is 4.34. The van der Waals surface area contributed by atoms with Crippen LogP contribution in [-0.4, -0.2) is 36.9 Å². The number of carbonyl (C=O) groups is 2. The van der Waals surface area contributed by atoms with Crippen LogP contribution in [-0.2, 0) is 4.74 Å². The van der Waals surface area contributed by atoms with E-state index in [1.807, 2.05) is 29.5 Å². The molecule has 116 valence electrons. The highest BCUT2D eigenvalue weighted by atomic mass is 127. The van der Waals surface area contributed by atoms with Crippen molar-refractivity contribution < 1.29 is 19.4 Å². The van der Waals surface area contributed by atoms with Crippen molar-refractivity contribution in [1.29, 1.82) is 0 Å². The Hall–Kier alpha value is -1.35. The van der Waals surface area contributed by atoms with Crippen LogP contribution in [0.4, 0.5) is 10.5 Å². The number of carbonyl (C=O) groups excluding carboxylic acids is 1. The molecular weight excluding hydrogens is 387 g/mol. The van der Waals surface area contributed by atoms with Crippen LogP contribution in [0.3, 0.4) is 0 Å². The van der Waals surface area contributed by atoms with Crippen LogP contribution < -0.4 is 10.6 Å². The Morgan fingerprint density at radius 3 is 2.76 bits per heavy atom. The Morgan fingerprint density at radius 1 is 1.33 bits per heavy atom. The fraction of sp³-hybridized carbons (Fsp3) is 0.429. The molecule has 0 saturated heterocycles. The van der Waals surface area contributed by atoms with Crippen molar-refractivity contribution >= 4 is 40.3 Å². The Morgan fingerprint density at radius 2 is 2.10 bits per heavy atom. The molecule has 0 saturated carbocycles. The minimum atomic E-state index is -1.07. The lowest BCUT2D eigenvalue weighted by Crippen LogP contribution is -2.30. The first-order chi connectivity index (χ1) is 10.0. The molecule has 0 spiro atoms. The summed E-state index contributed by atoms with van der Waals surface area (Å²) in [6, 6.07) is 4.40. The quantitative estimate of drug-likeness (QED) is 0.458. The molecule has 21 heavy (non-hydrogen) atoms. The van der Waals surface area contributed by atoms with Crippen molar-refractivity contribution in [3.8, 4) is 0 Å². The molecule has 0 aliphatic carbocycles. The van der Waals surface area contributed by atoms with Crippen LogP contribution >= 0.6 is 22.6 Å². The second-order valence-corrected chi connectivity index (χ2v) is 5.59. The number of anilines is 1. The molecule has 0 bridgehead atoms. The van der Waals surface area contributed by atoms with Gasteiger partial charge in [0.15, 0.2) is 0 Å². The minimum absolute atomic E-state index is 0.0725. The van der Waals surface area contributed by atoms with Gasteiger partial charge in [-0.1, -0.05) is 6.92 Å². The van der Waals surface area contributed by atoms with Crippen LogP contribution in [0.2, 0.25) is 0 Å².